The molecule has 1 rings (SSSR count). The Morgan fingerprint density at radius 3 is 2.19 bits per heavy atom. The smallest absolute Gasteiger partial charge is 0.312 e. The standard InChI is InChI=1S/C16H25F3N2/c1-13(2)10-20-11-14-4-6-15(7-5-14)12-21(3)9-8-16(17,18)19/h4-7,13,20H,8-12H2,1-3H3. The van der Waals surface area contributed by atoms with Gasteiger partial charge in [0.25, 0.3) is 0 Å². The van der Waals surface area contributed by atoms with Crippen molar-refractivity contribution in [2.45, 2.75) is 39.5 Å². The van der Waals surface area contributed by atoms with Crippen LogP contribution in [0.2, 0.25) is 0 Å². The van der Waals surface area contributed by atoms with Crippen LogP contribution in [0.5, 0.6) is 0 Å². The molecule has 0 aliphatic carbocycles. The Hall–Kier alpha value is -1.07. The molecule has 2 nitrogen and oxygen atoms in total. The summed E-state index contributed by atoms with van der Waals surface area (Å²) in [6.45, 7) is 6.68. The number of hydrogen-bond donors (Lipinski definition) is 1. The van der Waals surface area contributed by atoms with Crippen LogP contribution in [0.4, 0.5) is 13.2 Å². The van der Waals surface area contributed by atoms with Gasteiger partial charge in [-0.15, -0.1) is 0 Å². The molecule has 0 saturated heterocycles. The summed E-state index contributed by atoms with van der Waals surface area (Å²) in [6.07, 6.45) is -4.85. The molecule has 1 N–H and O–H groups in total. The molecule has 0 aliphatic rings. The highest BCUT2D eigenvalue weighted by molar-refractivity contribution is 5.22. The molecule has 0 aromatic heterocycles. The van der Waals surface area contributed by atoms with Gasteiger partial charge in [0.1, 0.15) is 0 Å². The van der Waals surface area contributed by atoms with Crippen LogP contribution in [0.3, 0.4) is 0 Å². The molecule has 0 unspecified atom stereocenters. The van der Waals surface area contributed by atoms with E-state index >= 15 is 0 Å². The molecule has 0 spiro atoms. The zero-order chi connectivity index (χ0) is 15.9. The summed E-state index contributed by atoms with van der Waals surface area (Å²) in [4.78, 5) is 1.69. The normalized spacial score (nSPS) is 12.4. The van der Waals surface area contributed by atoms with Gasteiger partial charge in [-0.25, -0.2) is 0 Å². The van der Waals surface area contributed by atoms with Gasteiger partial charge < -0.3 is 10.2 Å². The lowest BCUT2D eigenvalue weighted by molar-refractivity contribution is -0.137. The second kappa shape index (κ2) is 8.39. The highest BCUT2D eigenvalue weighted by atomic mass is 19.4. The molecular formula is C16H25F3N2. The first-order chi connectivity index (χ1) is 9.76. The van der Waals surface area contributed by atoms with E-state index in [-0.39, 0.29) is 6.54 Å². The van der Waals surface area contributed by atoms with Crippen molar-refractivity contribution in [2.75, 3.05) is 20.1 Å². The zero-order valence-electron chi connectivity index (χ0n) is 13.0. The summed E-state index contributed by atoms with van der Waals surface area (Å²) in [5.41, 5.74) is 2.23. The molecule has 120 valence electrons. The minimum atomic E-state index is -4.08. The van der Waals surface area contributed by atoms with Gasteiger partial charge in [0, 0.05) is 19.6 Å². The van der Waals surface area contributed by atoms with E-state index in [9.17, 15) is 13.2 Å². The zero-order valence-corrected chi connectivity index (χ0v) is 13.0. The molecule has 0 heterocycles. The lowest BCUT2D eigenvalue weighted by Gasteiger charge is -2.18. The van der Waals surface area contributed by atoms with E-state index in [4.69, 9.17) is 0 Å². The van der Waals surface area contributed by atoms with Gasteiger partial charge in [0.2, 0.25) is 0 Å². The number of alkyl halides is 3. The molecule has 1 aromatic carbocycles. The molecule has 0 saturated carbocycles. The quantitative estimate of drug-likeness (QED) is 0.785. The second-order valence-electron chi connectivity index (χ2n) is 5.94. The number of nitrogens with one attached hydrogen (secondary N) is 1. The molecule has 21 heavy (non-hydrogen) atoms. The van der Waals surface area contributed by atoms with E-state index in [0.717, 1.165) is 18.7 Å². The fraction of sp³-hybridized carbons (Fsp3) is 0.625. The summed E-state index contributed by atoms with van der Waals surface area (Å²) >= 11 is 0. The average Bonchev–Trinajstić information content (AvgIpc) is 2.37. The third kappa shape index (κ3) is 8.73. The van der Waals surface area contributed by atoms with E-state index in [1.807, 2.05) is 24.3 Å². The van der Waals surface area contributed by atoms with Crippen molar-refractivity contribution in [3.05, 3.63) is 35.4 Å². The van der Waals surface area contributed by atoms with E-state index in [1.165, 1.54) is 5.56 Å². The summed E-state index contributed by atoms with van der Waals surface area (Å²) in [6, 6.07) is 8.02. The molecule has 0 fully saturated rings. The van der Waals surface area contributed by atoms with Gasteiger partial charge in [0.05, 0.1) is 6.42 Å². The minimum Gasteiger partial charge on any atom is -0.312 e. The van der Waals surface area contributed by atoms with Gasteiger partial charge in [-0.3, -0.25) is 0 Å². The third-order valence-electron chi connectivity index (χ3n) is 3.13. The maximum atomic E-state index is 12.1. The first kappa shape index (κ1) is 18.0. The fourth-order valence-electron chi connectivity index (χ4n) is 1.98. The molecule has 5 heteroatoms. The van der Waals surface area contributed by atoms with Crippen molar-refractivity contribution in [1.29, 1.82) is 0 Å². The number of rotatable bonds is 8. The first-order valence-corrected chi connectivity index (χ1v) is 7.30. The Bertz CT molecular complexity index is 399. The minimum absolute atomic E-state index is 0.0290. The van der Waals surface area contributed by atoms with Crippen LogP contribution >= 0.6 is 0 Å². The molecule has 1 aromatic rings. The average molecular weight is 302 g/mol. The second-order valence-corrected chi connectivity index (χ2v) is 5.94. The Morgan fingerprint density at radius 1 is 1.10 bits per heavy atom. The monoisotopic (exact) mass is 302 g/mol. The Balaban J connectivity index is 2.36. The van der Waals surface area contributed by atoms with E-state index in [1.54, 1.807) is 11.9 Å². The highest BCUT2D eigenvalue weighted by Gasteiger charge is 2.26. The summed E-state index contributed by atoms with van der Waals surface area (Å²) in [5, 5.41) is 3.36. The Morgan fingerprint density at radius 2 is 1.67 bits per heavy atom. The Kier molecular flexibility index (Phi) is 7.18. The number of hydrogen-bond acceptors (Lipinski definition) is 2. The first-order valence-electron chi connectivity index (χ1n) is 7.30. The van der Waals surface area contributed by atoms with Crippen LogP contribution in [-0.2, 0) is 13.1 Å². The number of halogens is 3. The van der Waals surface area contributed by atoms with Crippen molar-refractivity contribution >= 4 is 0 Å². The van der Waals surface area contributed by atoms with E-state index in [2.05, 4.69) is 19.2 Å². The van der Waals surface area contributed by atoms with Crippen molar-refractivity contribution < 1.29 is 13.2 Å². The van der Waals surface area contributed by atoms with Crippen LogP contribution in [-0.4, -0.2) is 31.2 Å². The van der Waals surface area contributed by atoms with Crippen LogP contribution in [0.1, 0.15) is 31.4 Å². The summed E-state index contributed by atoms with van der Waals surface area (Å²) in [5.74, 6) is 0.617. The molecule has 0 bridgehead atoms. The van der Waals surface area contributed by atoms with Gasteiger partial charge in [0.15, 0.2) is 0 Å². The topological polar surface area (TPSA) is 15.3 Å². The highest BCUT2D eigenvalue weighted by Crippen LogP contribution is 2.19. The third-order valence-corrected chi connectivity index (χ3v) is 3.13. The SMILES string of the molecule is CC(C)CNCc1ccc(CN(C)CCC(F)(F)F)cc1. The van der Waals surface area contributed by atoms with Crippen molar-refractivity contribution in [3.63, 3.8) is 0 Å². The molecule has 0 aliphatic heterocycles. The van der Waals surface area contributed by atoms with Crippen LogP contribution in [0.25, 0.3) is 0 Å². The van der Waals surface area contributed by atoms with Crippen molar-refractivity contribution in [1.82, 2.24) is 10.2 Å². The lowest BCUT2D eigenvalue weighted by Crippen LogP contribution is -2.24. The molecule has 0 atom stereocenters. The largest absolute Gasteiger partial charge is 0.390 e. The maximum Gasteiger partial charge on any atom is 0.390 e. The number of nitrogens with zero attached hydrogens (tertiary/aromatic N) is 1. The van der Waals surface area contributed by atoms with Crippen molar-refractivity contribution in [2.24, 2.45) is 5.92 Å². The lowest BCUT2D eigenvalue weighted by atomic mass is 10.1. The maximum absolute atomic E-state index is 12.1. The van der Waals surface area contributed by atoms with E-state index < -0.39 is 12.6 Å². The van der Waals surface area contributed by atoms with Crippen LogP contribution in [0, 0.1) is 5.92 Å². The summed E-state index contributed by atoms with van der Waals surface area (Å²) < 4.78 is 36.4. The van der Waals surface area contributed by atoms with Gasteiger partial charge in [-0.05, 0) is 30.6 Å². The Labute approximate surface area is 125 Å². The van der Waals surface area contributed by atoms with Gasteiger partial charge >= 0.3 is 6.18 Å². The summed E-state index contributed by atoms with van der Waals surface area (Å²) in [7, 11) is 1.71. The molecule has 0 radical (unpaired) electrons. The fourth-order valence-corrected chi connectivity index (χ4v) is 1.98. The van der Waals surface area contributed by atoms with Crippen LogP contribution < -0.4 is 5.32 Å². The van der Waals surface area contributed by atoms with Gasteiger partial charge in [-0.1, -0.05) is 38.1 Å². The predicted octanol–water partition coefficient (Wildman–Crippen LogP) is 3.82. The van der Waals surface area contributed by atoms with Crippen molar-refractivity contribution in [3.8, 4) is 0 Å². The molecular weight excluding hydrogens is 277 g/mol. The predicted molar refractivity (Wildman–Crippen MR) is 80.0 cm³/mol. The molecule has 0 amide bonds. The van der Waals surface area contributed by atoms with E-state index in [0.29, 0.717) is 12.5 Å². The van der Waals surface area contributed by atoms with Gasteiger partial charge in [-0.2, -0.15) is 13.2 Å². The number of benzene rings is 1. The van der Waals surface area contributed by atoms with Crippen LogP contribution in [0.15, 0.2) is 24.3 Å².